The van der Waals surface area contributed by atoms with Crippen LogP contribution in [0.4, 0.5) is 0 Å². The van der Waals surface area contributed by atoms with E-state index in [1.807, 2.05) is 55.5 Å². The fraction of sp³-hybridized carbons (Fsp3) is 0.0417. The van der Waals surface area contributed by atoms with Gasteiger partial charge in [-0.1, -0.05) is 42.5 Å². The average Bonchev–Trinajstić information content (AvgIpc) is 3.29. The number of H-pyrrole nitrogens is 1. The van der Waals surface area contributed by atoms with E-state index in [0.717, 1.165) is 27.0 Å². The number of para-hydroxylation sites is 2. The molecule has 136 valence electrons. The number of benzene rings is 3. The highest BCUT2D eigenvalue weighted by Crippen LogP contribution is 2.28. The molecule has 3 heterocycles. The van der Waals surface area contributed by atoms with Crippen LogP contribution in [0.1, 0.15) is 11.1 Å². The van der Waals surface area contributed by atoms with Gasteiger partial charge >= 0.3 is 0 Å². The van der Waals surface area contributed by atoms with Gasteiger partial charge in [0.2, 0.25) is 0 Å². The molecule has 3 aromatic heterocycles. The van der Waals surface area contributed by atoms with Gasteiger partial charge in [-0.2, -0.15) is 5.26 Å². The number of hydrogen-bond acceptors (Lipinski definition) is 3. The van der Waals surface area contributed by atoms with E-state index in [1.165, 1.54) is 0 Å². The lowest BCUT2D eigenvalue weighted by Crippen LogP contribution is -2.17. The Hall–Kier alpha value is -4.17. The van der Waals surface area contributed by atoms with Crippen LogP contribution < -0.4 is 5.56 Å². The second-order valence-corrected chi connectivity index (χ2v) is 7.26. The number of imidazole rings is 1. The maximum atomic E-state index is 13.7. The maximum absolute atomic E-state index is 13.7. The topological polar surface area (TPSA) is 74.0 Å². The Kier molecular flexibility index (Phi) is 2.97. The number of aromatic nitrogens is 3. The van der Waals surface area contributed by atoms with Crippen LogP contribution in [0.2, 0.25) is 0 Å². The Balaban J connectivity index is 2.02. The first-order chi connectivity index (χ1) is 14.2. The monoisotopic (exact) mass is 374 g/mol. The van der Waals surface area contributed by atoms with E-state index in [4.69, 9.17) is 0 Å². The summed E-state index contributed by atoms with van der Waals surface area (Å²) in [6, 6.07) is 21.9. The standard InChI is InChI=1S/C24H14N4O/c1-13-16(12-25)23-27-17-9-2-3-11-19(17)28(23)24(29)20(13)22-15-8-4-6-14-7-5-10-18(26-22)21(14)15/h2-11,26H,1H3. The summed E-state index contributed by atoms with van der Waals surface area (Å²) in [5, 5.41) is 14.3. The summed E-state index contributed by atoms with van der Waals surface area (Å²) in [5.74, 6) is 0. The van der Waals surface area contributed by atoms with Crippen LogP contribution in [0, 0.1) is 28.8 Å². The van der Waals surface area contributed by atoms with Crippen molar-refractivity contribution < 1.29 is 0 Å². The number of pyridine rings is 1. The summed E-state index contributed by atoms with van der Waals surface area (Å²) in [5.41, 5.74) is 3.70. The van der Waals surface area contributed by atoms with Crippen molar-refractivity contribution in [2.75, 3.05) is 0 Å². The van der Waals surface area contributed by atoms with Gasteiger partial charge in [0.05, 0.1) is 27.2 Å². The van der Waals surface area contributed by atoms with E-state index in [9.17, 15) is 10.1 Å². The van der Waals surface area contributed by atoms with Gasteiger partial charge in [-0.3, -0.25) is 9.20 Å². The van der Waals surface area contributed by atoms with Gasteiger partial charge in [-0.05, 0) is 36.1 Å². The van der Waals surface area contributed by atoms with Gasteiger partial charge in [-0.25, -0.2) is 4.98 Å². The molecular formula is C24H14N4O. The van der Waals surface area contributed by atoms with Crippen LogP contribution in [-0.2, 0) is 0 Å². The Morgan fingerprint density at radius 1 is 1.03 bits per heavy atom. The summed E-state index contributed by atoms with van der Waals surface area (Å²) in [4.78, 5) is 21.7. The molecule has 0 radical (unpaired) electrons. The molecule has 29 heavy (non-hydrogen) atoms. The van der Waals surface area contributed by atoms with Crippen LogP contribution in [0.5, 0.6) is 0 Å². The van der Waals surface area contributed by atoms with Crippen LogP contribution in [0.15, 0.2) is 65.5 Å². The third-order valence-electron chi connectivity index (χ3n) is 5.75. The van der Waals surface area contributed by atoms with E-state index in [2.05, 4.69) is 28.2 Å². The van der Waals surface area contributed by atoms with Crippen molar-refractivity contribution in [2.24, 2.45) is 0 Å². The zero-order chi connectivity index (χ0) is 19.7. The van der Waals surface area contributed by atoms with Crippen molar-refractivity contribution in [3.8, 4) is 6.07 Å². The summed E-state index contributed by atoms with van der Waals surface area (Å²) < 4.78 is 1.56. The number of nitriles is 1. The van der Waals surface area contributed by atoms with E-state index in [0.29, 0.717) is 33.0 Å². The molecule has 0 aliphatic heterocycles. The molecule has 0 fully saturated rings. The molecule has 6 aromatic rings. The smallest absolute Gasteiger partial charge is 0.266 e. The van der Waals surface area contributed by atoms with E-state index in [-0.39, 0.29) is 5.56 Å². The number of fused-ring (bicyclic) bond motifs is 3. The molecule has 3 aromatic carbocycles. The molecule has 0 saturated heterocycles. The largest absolute Gasteiger partial charge is 0.354 e. The molecule has 5 nitrogen and oxygen atoms in total. The minimum absolute atomic E-state index is 0.169. The Morgan fingerprint density at radius 3 is 2.66 bits per heavy atom. The zero-order valence-corrected chi connectivity index (χ0v) is 15.5. The molecule has 0 amide bonds. The number of hydrogen-bond donors (Lipinski definition) is 1. The van der Waals surface area contributed by atoms with Crippen molar-refractivity contribution in [2.45, 2.75) is 6.92 Å². The first-order valence-electron chi connectivity index (χ1n) is 9.36. The van der Waals surface area contributed by atoms with Crippen LogP contribution in [0.3, 0.4) is 0 Å². The lowest BCUT2D eigenvalue weighted by Gasteiger charge is -2.02. The number of nitrogens with zero attached hydrogens (tertiary/aromatic N) is 3. The van der Waals surface area contributed by atoms with E-state index >= 15 is 0 Å². The zero-order valence-electron chi connectivity index (χ0n) is 15.5. The highest BCUT2D eigenvalue weighted by atomic mass is 16.1. The van der Waals surface area contributed by atoms with Crippen LogP contribution in [-0.4, -0.2) is 14.4 Å². The third-order valence-corrected chi connectivity index (χ3v) is 5.75. The molecule has 0 bridgehead atoms. The molecule has 1 N–H and O–H groups in total. The molecule has 6 rings (SSSR count). The maximum Gasteiger partial charge on any atom is 0.266 e. The lowest BCUT2D eigenvalue weighted by molar-refractivity contribution is 1.08. The lowest BCUT2D eigenvalue weighted by atomic mass is 10.1. The number of nitrogens with one attached hydrogen (secondary N) is 1. The van der Waals surface area contributed by atoms with Gasteiger partial charge in [0.1, 0.15) is 6.07 Å². The van der Waals surface area contributed by atoms with Crippen molar-refractivity contribution in [3.05, 3.63) is 92.7 Å². The summed E-state index contributed by atoms with van der Waals surface area (Å²) in [6.45, 7) is 1.83. The average molecular weight is 374 g/mol. The summed E-state index contributed by atoms with van der Waals surface area (Å²) in [6.07, 6.45) is 0. The first kappa shape index (κ1) is 15.8. The molecular weight excluding hydrogens is 360 g/mol. The molecule has 0 aliphatic rings. The highest BCUT2D eigenvalue weighted by molar-refractivity contribution is 6.09. The fourth-order valence-corrected chi connectivity index (χ4v) is 4.45. The third kappa shape index (κ3) is 1.92. The molecule has 0 saturated carbocycles. The minimum atomic E-state index is -0.169. The van der Waals surface area contributed by atoms with Crippen LogP contribution >= 0.6 is 0 Å². The summed E-state index contributed by atoms with van der Waals surface area (Å²) in [7, 11) is 0. The van der Waals surface area contributed by atoms with E-state index < -0.39 is 0 Å². The Labute approximate surface area is 164 Å². The Bertz CT molecular complexity index is 1800. The minimum Gasteiger partial charge on any atom is -0.354 e. The van der Waals surface area contributed by atoms with Crippen LogP contribution in [0.25, 0.3) is 38.4 Å². The molecule has 5 heteroatoms. The van der Waals surface area contributed by atoms with Crippen molar-refractivity contribution in [3.63, 3.8) is 0 Å². The van der Waals surface area contributed by atoms with Gasteiger partial charge in [0, 0.05) is 16.3 Å². The SMILES string of the molecule is Cc1c(C#N)c2nc3ccccc3n2c(=O)c1=c1[nH]c2cccc3cccc1c32. The predicted octanol–water partition coefficient (Wildman–Crippen LogP) is 4.39. The number of aromatic amines is 1. The van der Waals surface area contributed by atoms with Gasteiger partial charge in [0.25, 0.3) is 5.56 Å². The molecule has 0 aliphatic carbocycles. The van der Waals surface area contributed by atoms with Crippen molar-refractivity contribution >= 4 is 38.4 Å². The summed E-state index contributed by atoms with van der Waals surface area (Å²) >= 11 is 0. The normalized spacial score (nSPS) is 13.0. The molecule has 0 atom stereocenters. The van der Waals surface area contributed by atoms with Gasteiger partial charge < -0.3 is 4.98 Å². The molecule has 0 spiro atoms. The second-order valence-electron chi connectivity index (χ2n) is 7.26. The highest BCUT2D eigenvalue weighted by Gasteiger charge is 2.17. The predicted molar refractivity (Wildman–Crippen MR) is 113 cm³/mol. The first-order valence-corrected chi connectivity index (χ1v) is 9.36. The fourth-order valence-electron chi connectivity index (χ4n) is 4.45. The molecule has 0 unspecified atom stereocenters. The van der Waals surface area contributed by atoms with Gasteiger partial charge in [0.15, 0.2) is 5.65 Å². The van der Waals surface area contributed by atoms with Crippen molar-refractivity contribution in [1.82, 2.24) is 14.4 Å². The van der Waals surface area contributed by atoms with Crippen molar-refractivity contribution in [1.29, 1.82) is 5.26 Å². The Morgan fingerprint density at radius 2 is 1.83 bits per heavy atom. The van der Waals surface area contributed by atoms with Gasteiger partial charge in [-0.15, -0.1) is 0 Å². The number of rotatable bonds is 0. The second kappa shape index (κ2) is 5.43. The quantitative estimate of drug-likeness (QED) is 0.429. The van der Waals surface area contributed by atoms with E-state index in [1.54, 1.807) is 4.40 Å².